The first-order valence-electron chi connectivity index (χ1n) is 7.07. The summed E-state index contributed by atoms with van der Waals surface area (Å²) < 4.78 is 11.0. The molecular formula is C15H23N3O3. The van der Waals surface area contributed by atoms with E-state index in [1.807, 2.05) is 18.2 Å². The highest BCUT2D eigenvalue weighted by Crippen LogP contribution is 2.24. The molecule has 1 aliphatic rings. The van der Waals surface area contributed by atoms with Gasteiger partial charge in [0, 0.05) is 19.7 Å². The van der Waals surface area contributed by atoms with E-state index in [1.165, 1.54) is 0 Å². The molecule has 1 fully saturated rings. The largest absolute Gasteiger partial charge is 0.496 e. The van der Waals surface area contributed by atoms with Crippen molar-refractivity contribution in [2.45, 2.75) is 31.9 Å². The van der Waals surface area contributed by atoms with Gasteiger partial charge >= 0.3 is 0 Å². The van der Waals surface area contributed by atoms with Gasteiger partial charge in [0.2, 0.25) is 0 Å². The lowest BCUT2D eigenvalue weighted by molar-refractivity contribution is 0.0207. The van der Waals surface area contributed by atoms with Crippen molar-refractivity contribution in [2.75, 3.05) is 20.3 Å². The minimum Gasteiger partial charge on any atom is -0.496 e. The molecule has 4 N–H and O–H groups in total. The fourth-order valence-corrected chi connectivity index (χ4v) is 2.57. The summed E-state index contributed by atoms with van der Waals surface area (Å²) in [6.45, 7) is 4.46. The van der Waals surface area contributed by atoms with E-state index in [1.54, 1.807) is 7.11 Å². The van der Waals surface area contributed by atoms with Gasteiger partial charge in [0.25, 0.3) is 0 Å². The molecule has 6 nitrogen and oxygen atoms in total. The van der Waals surface area contributed by atoms with Gasteiger partial charge in [-0.3, -0.25) is 0 Å². The van der Waals surface area contributed by atoms with Gasteiger partial charge in [0.1, 0.15) is 5.75 Å². The van der Waals surface area contributed by atoms with Crippen molar-refractivity contribution in [2.24, 2.45) is 10.9 Å². The molecule has 1 atom stereocenters. The maximum atomic E-state index is 8.83. The molecule has 0 aliphatic carbocycles. The first kappa shape index (κ1) is 15.6. The van der Waals surface area contributed by atoms with Crippen molar-refractivity contribution >= 4 is 5.84 Å². The first-order chi connectivity index (χ1) is 10.1. The number of benzene rings is 1. The van der Waals surface area contributed by atoms with E-state index in [0.29, 0.717) is 17.9 Å². The lowest BCUT2D eigenvalue weighted by Crippen LogP contribution is -2.36. The summed E-state index contributed by atoms with van der Waals surface area (Å²) in [6, 6.07) is 5.63. The Labute approximate surface area is 124 Å². The summed E-state index contributed by atoms with van der Waals surface area (Å²) in [5, 5.41) is 15.3. The molecule has 0 bridgehead atoms. The minimum absolute atomic E-state index is 0.0415. The molecule has 0 radical (unpaired) electrons. The summed E-state index contributed by atoms with van der Waals surface area (Å²) in [6.07, 6.45) is 2.20. The highest BCUT2D eigenvalue weighted by Gasteiger charge is 2.28. The van der Waals surface area contributed by atoms with Crippen molar-refractivity contribution < 1.29 is 14.7 Å². The third kappa shape index (κ3) is 3.86. The molecule has 1 saturated heterocycles. The predicted molar refractivity (Wildman–Crippen MR) is 80.8 cm³/mol. The van der Waals surface area contributed by atoms with Gasteiger partial charge in [-0.05, 0) is 37.5 Å². The number of amidine groups is 1. The molecule has 0 amide bonds. The Bertz CT molecular complexity index is 511. The predicted octanol–water partition coefficient (Wildman–Crippen LogP) is 1.45. The molecule has 0 aromatic heterocycles. The summed E-state index contributed by atoms with van der Waals surface area (Å²) in [7, 11) is 1.56. The molecule has 6 heteroatoms. The Morgan fingerprint density at radius 3 is 3.00 bits per heavy atom. The Balaban J connectivity index is 2.00. The van der Waals surface area contributed by atoms with Gasteiger partial charge in [-0.25, -0.2) is 0 Å². The van der Waals surface area contributed by atoms with E-state index in [9.17, 15) is 0 Å². The molecule has 1 heterocycles. The third-order valence-corrected chi connectivity index (χ3v) is 3.78. The topological polar surface area (TPSA) is 89.1 Å². The molecule has 1 unspecified atom stereocenters. The minimum atomic E-state index is -0.0686. The van der Waals surface area contributed by atoms with Crippen LogP contribution in [0, 0.1) is 0 Å². The first-order valence-corrected chi connectivity index (χ1v) is 7.07. The Hall–Kier alpha value is -1.79. The second-order valence-electron chi connectivity index (χ2n) is 5.53. The number of oxime groups is 1. The summed E-state index contributed by atoms with van der Waals surface area (Å²) in [5.41, 5.74) is 7.23. The van der Waals surface area contributed by atoms with E-state index >= 15 is 0 Å². The Kier molecular flexibility index (Phi) is 5.03. The number of nitrogens with zero attached hydrogens (tertiary/aromatic N) is 1. The standard InChI is InChI=1S/C15H23N3O3/c1-15(6-3-7-21-15)10-17-9-11-4-5-13(20-2)12(8-11)14(16)18-19/h4-5,8,17,19H,3,6-7,9-10H2,1-2H3,(H2,16,18). The van der Waals surface area contributed by atoms with Crippen LogP contribution in [0.2, 0.25) is 0 Å². The van der Waals surface area contributed by atoms with Gasteiger partial charge in [0.05, 0.1) is 18.3 Å². The molecule has 2 rings (SSSR count). The molecule has 116 valence electrons. The molecule has 1 aliphatic heterocycles. The van der Waals surface area contributed by atoms with E-state index in [-0.39, 0.29) is 11.4 Å². The van der Waals surface area contributed by atoms with Crippen molar-refractivity contribution in [3.8, 4) is 5.75 Å². The zero-order chi connectivity index (χ0) is 15.3. The zero-order valence-corrected chi connectivity index (χ0v) is 12.6. The second kappa shape index (κ2) is 6.78. The number of methoxy groups -OCH3 is 1. The Morgan fingerprint density at radius 1 is 1.57 bits per heavy atom. The number of nitrogens with one attached hydrogen (secondary N) is 1. The van der Waals surface area contributed by atoms with Crippen LogP contribution in [0.5, 0.6) is 5.75 Å². The highest BCUT2D eigenvalue weighted by atomic mass is 16.5. The van der Waals surface area contributed by atoms with Crippen LogP contribution < -0.4 is 15.8 Å². The molecule has 1 aromatic rings. The number of ether oxygens (including phenoxy) is 2. The quantitative estimate of drug-likeness (QED) is 0.320. The van der Waals surface area contributed by atoms with Crippen LogP contribution in [0.15, 0.2) is 23.4 Å². The molecule has 21 heavy (non-hydrogen) atoms. The lowest BCUT2D eigenvalue weighted by atomic mass is 10.0. The number of rotatable bonds is 6. The van der Waals surface area contributed by atoms with Crippen molar-refractivity contribution in [1.29, 1.82) is 0 Å². The van der Waals surface area contributed by atoms with Crippen molar-refractivity contribution in [3.63, 3.8) is 0 Å². The van der Waals surface area contributed by atoms with Crippen LogP contribution in [0.4, 0.5) is 0 Å². The van der Waals surface area contributed by atoms with Gasteiger partial charge in [-0.2, -0.15) is 0 Å². The van der Waals surface area contributed by atoms with Gasteiger partial charge in [-0.15, -0.1) is 0 Å². The average molecular weight is 293 g/mol. The van der Waals surface area contributed by atoms with Crippen molar-refractivity contribution in [3.05, 3.63) is 29.3 Å². The van der Waals surface area contributed by atoms with Crippen molar-refractivity contribution in [1.82, 2.24) is 5.32 Å². The highest BCUT2D eigenvalue weighted by molar-refractivity contribution is 5.99. The Morgan fingerprint density at radius 2 is 2.38 bits per heavy atom. The fraction of sp³-hybridized carbons (Fsp3) is 0.533. The summed E-state index contributed by atoms with van der Waals surface area (Å²) in [4.78, 5) is 0. The maximum absolute atomic E-state index is 8.83. The monoisotopic (exact) mass is 293 g/mol. The van der Waals surface area contributed by atoms with E-state index < -0.39 is 0 Å². The number of nitrogens with two attached hydrogens (primary N) is 1. The molecule has 0 saturated carbocycles. The van der Waals surface area contributed by atoms with E-state index in [2.05, 4.69) is 17.4 Å². The molecular weight excluding hydrogens is 270 g/mol. The van der Waals surface area contributed by atoms with Crippen LogP contribution in [0.3, 0.4) is 0 Å². The van der Waals surface area contributed by atoms with Crippen LogP contribution in [0.1, 0.15) is 30.9 Å². The second-order valence-corrected chi connectivity index (χ2v) is 5.53. The van der Waals surface area contributed by atoms with E-state index in [4.69, 9.17) is 20.4 Å². The smallest absolute Gasteiger partial charge is 0.173 e. The van der Waals surface area contributed by atoms with Crippen LogP contribution in [-0.2, 0) is 11.3 Å². The van der Waals surface area contributed by atoms with Crippen LogP contribution >= 0.6 is 0 Å². The van der Waals surface area contributed by atoms with Gasteiger partial charge in [-0.1, -0.05) is 11.2 Å². The molecule has 0 spiro atoms. The van der Waals surface area contributed by atoms with Gasteiger partial charge < -0.3 is 25.7 Å². The zero-order valence-electron chi connectivity index (χ0n) is 12.6. The SMILES string of the molecule is COc1ccc(CNCC2(C)CCCO2)cc1/C(N)=N/O. The number of hydrogen-bond donors (Lipinski definition) is 3. The number of hydrogen-bond acceptors (Lipinski definition) is 5. The van der Waals surface area contributed by atoms with Gasteiger partial charge in [0.15, 0.2) is 5.84 Å². The van der Waals surface area contributed by atoms with Crippen LogP contribution in [-0.4, -0.2) is 36.9 Å². The third-order valence-electron chi connectivity index (χ3n) is 3.78. The lowest BCUT2D eigenvalue weighted by Gasteiger charge is -2.23. The van der Waals surface area contributed by atoms with E-state index in [0.717, 1.165) is 31.6 Å². The van der Waals surface area contributed by atoms with Crippen LogP contribution in [0.25, 0.3) is 0 Å². The summed E-state index contributed by atoms with van der Waals surface area (Å²) >= 11 is 0. The normalized spacial score (nSPS) is 22.5. The average Bonchev–Trinajstić information content (AvgIpc) is 2.93. The fourth-order valence-electron chi connectivity index (χ4n) is 2.57. The molecule has 1 aromatic carbocycles. The summed E-state index contributed by atoms with van der Waals surface area (Å²) in [5.74, 6) is 0.625. The maximum Gasteiger partial charge on any atom is 0.173 e.